The minimum absolute atomic E-state index is 0.0848. The van der Waals surface area contributed by atoms with Crippen molar-refractivity contribution in [3.05, 3.63) is 22.2 Å². The van der Waals surface area contributed by atoms with Crippen molar-refractivity contribution < 1.29 is 24.1 Å². The summed E-state index contributed by atoms with van der Waals surface area (Å²) in [5.74, 6) is 0.139. The molecule has 0 aliphatic carbocycles. The van der Waals surface area contributed by atoms with E-state index in [1.54, 1.807) is 19.2 Å². The van der Waals surface area contributed by atoms with Crippen LogP contribution < -0.4 is 15.2 Å². The van der Waals surface area contributed by atoms with E-state index in [0.29, 0.717) is 21.5 Å². The van der Waals surface area contributed by atoms with E-state index in [1.165, 1.54) is 7.11 Å². The van der Waals surface area contributed by atoms with Gasteiger partial charge in [0.25, 0.3) is 0 Å². The smallest absolute Gasteiger partial charge is 0.329 e. The van der Waals surface area contributed by atoms with Crippen LogP contribution in [0.15, 0.2) is 16.6 Å². The SMILES string of the molecule is COc1ccc(C(N)COCC(=O)O)c(OC)c1Br. The van der Waals surface area contributed by atoms with Gasteiger partial charge in [0.2, 0.25) is 0 Å². The maximum atomic E-state index is 10.4. The number of ether oxygens (including phenoxy) is 3. The number of aliphatic carboxylic acids is 1. The molecule has 0 aliphatic rings. The van der Waals surface area contributed by atoms with Gasteiger partial charge in [-0.05, 0) is 28.1 Å². The molecule has 1 aromatic carbocycles. The number of carbonyl (C=O) groups is 1. The van der Waals surface area contributed by atoms with Crippen molar-refractivity contribution in [1.82, 2.24) is 0 Å². The summed E-state index contributed by atoms with van der Waals surface area (Å²) in [5, 5.41) is 8.50. The van der Waals surface area contributed by atoms with E-state index in [2.05, 4.69) is 15.9 Å². The number of nitrogens with two attached hydrogens (primary N) is 1. The summed E-state index contributed by atoms with van der Waals surface area (Å²) in [6, 6.07) is 3.02. The van der Waals surface area contributed by atoms with Gasteiger partial charge >= 0.3 is 5.97 Å². The Morgan fingerprint density at radius 1 is 1.42 bits per heavy atom. The molecule has 0 fully saturated rings. The lowest BCUT2D eigenvalue weighted by Gasteiger charge is -2.18. The third-order valence-corrected chi connectivity index (χ3v) is 3.19. The zero-order chi connectivity index (χ0) is 14.4. The second-order valence-corrected chi connectivity index (χ2v) is 4.51. The van der Waals surface area contributed by atoms with Gasteiger partial charge in [-0.15, -0.1) is 0 Å². The monoisotopic (exact) mass is 333 g/mol. The van der Waals surface area contributed by atoms with Crippen molar-refractivity contribution >= 4 is 21.9 Å². The Morgan fingerprint density at radius 2 is 2.11 bits per heavy atom. The van der Waals surface area contributed by atoms with E-state index >= 15 is 0 Å². The van der Waals surface area contributed by atoms with Crippen LogP contribution >= 0.6 is 15.9 Å². The van der Waals surface area contributed by atoms with E-state index in [4.69, 9.17) is 25.1 Å². The van der Waals surface area contributed by atoms with Crippen LogP contribution in [0.4, 0.5) is 0 Å². The molecule has 3 N–H and O–H groups in total. The minimum atomic E-state index is -1.03. The average Bonchev–Trinajstić information content (AvgIpc) is 2.37. The molecule has 0 aromatic heterocycles. The van der Waals surface area contributed by atoms with Crippen molar-refractivity contribution in [3.8, 4) is 11.5 Å². The molecule has 1 rings (SSSR count). The minimum Gasteiger partial charge on any atom is -0.495 e. The van der Waals surface area contributed by atoms with Gasteiger partial charge in [-0.3, -0.25) is 0 Å². The Hall–Kier alpha value is -1.31. The highest BCUT2D eigenvalue weighted by molar-refractivity contribution is 9.10. The molecule has 1 atom stereocenters. The van der Waals surface area contributed by atoms with Crippen molar-refractivity contribution in [3.63, 3.8) is 0 Å². The fraction of sp³-hybridized carbons (Fsp3) is 0.417. The van der Waals surface area contributed by atoms with Gasteiger partial charge in [0, 0.05) is 5.56 Å². The molecule has 0 spiro atoms. The molecule has 0 saturated carbocycles. The summed E-state index contributed by atoms with van der Waals surface area (Å²) >= 11 is 3.37. The number of methoxy groups -OCH3 is 2. The van der Waals surface area contributed by atoms with Gasteiger partial charge < -0.3 is 25.1 Å². The van der Waals surface area contributed by atoms with Crippen LogP contribution in [0.2, 0.25) is 0 Å². The van der Waals surface area contributed by atoms with E-state index < -0.39 is 12.0 Å². The molecule has 106 valence electrons. The molecule has 0 heterocycles. The van der Waals surface area contributed by atoms with Gasteiger partial charge in [-0.2, -0.15) is 0 Å². The van der Waals surface area contributed by atoms with Crippen molar-refractivity contribution in [2.75, 3.05) is 27.4 Å². The third kappa shape index (κ3) is 4.09. The summed E-state index contributed by atoms with van der Waals surface area (Å²) in [6.45, 7) is -0.297. The summed E-state index contributed by atoms with van der Waals surface area (Å²) in [7, 11) is 3.07. The zero-order valence-electron chi connectivity index (χ0n) is 10.7. The van der Waals surface area contributed by atoms with E-state index in [9.17, 15) is 4.79 Å². The highest BCUT2D eigenvalue weighted by Gasteiger charge is 2.18. The standard InChI is InChI=1S/C12H16BrNO5/c1-17-9-4-3-7(12(18-2)11(9)13)8(14)5-19-6-10(15)16/h3-4,8H,5-6,14H2,1-2H3,(H,15,16). The largest absolute Gasteiger partial charge is 0.495 e. The van der Waals surface area contributed by atoms with Crippen LogP contribution in [0.5, 0.6) is 11.5 Å². The van der Waals surface area contributed by atoms with Gasteiger partial charge in [0.05, 0.1) is 26.9 Å². The number of halogens is 1. The fourth-order valence-corrected chi connectivity index (χ4v) is 2.26. The zero-order valence-corrected chi connectivity index (χ0v) is 12.3. The average molecular weight is 334 g/mol. The maximum absolute atomic E-state index is 10.4. The summed E-state index contributed by atoms with van der Waals surface area (Å²) in [4.78, 5) is 10.4. The van der Waals surface area contributed by atoms with Crippen molar-refractivity contribution in [2.24, 2.45) is 5.73 Å². The van der Waals surface area contributed by atoms with Crippen LogP contribution in [0, 0.1) is 0 Å². The maximum Gasteiger partial charge on any atom is 0.329 e. The Labute approximate surface area is 119 Å². The van der Waals surface area contributed by atoms with Crippen molar-refractivity contribution in [2.45, 2.75) is 6.04 Å². The molecule has 1 unspecified atom stereocenters. The molecule has 0 amide bonds. The third-order valence-electron chi connectivity index (χ3n) is 2.44. The van der Waals surface area contributed by atoms with E-state index in [-0.39, 0.29) is 13.2 Å². The lowest BCUT2D eigenvalue weighted by Crippen LogP contribution is -2.20. The van der Waals surface area contributed by atoms with Gasteiger partial charge in [0.15, 0.2) is 0 Å². The molecule has 0 saturated heterocycles. The summed E-state index contributed by atoms with van der Waals surface area (Å²) in [6.07, 6.45) is 0. The Morgan fingerprint density at radius 3 is 2.63 bits per heavy atom. The summed E-state index contributed by atoms with van der Waals surface area (Å²) in [5.41, 5.74) is 6.67. The van der Waals surface area contributed by atoms with Gasteiger partial charge in [0.1, 0.15) is 22.6 Å². The fourth-order valence-electron chi connectivity index (χ4n) is 1.57. The highest BCUT2D eigenvalue weighted by Crippen LogP contribution is 2.39. The van der Waals surface area contributed by atoms with Crippen molar-refractivity contribution in [1.29, 1.82) is 0 Å². The Bertz CT molecular complexity index is 452. The normalized spacial score (nSPS) is 12.0. The molecule has 6 nitrogen and oxygen atoms in total. The molecular formula is C12H16BrNO5. The second kappa shape index (κ2) is 7.32. The number of rotatable bonds is 7. The van der Waals surface area contributed by atoms with Gasteiger partial charge in [-0.25, -0.2) is 4.79 Å². The van der Waals surface area contributed by atoms with Crippen LogP contribution in [-0.2, 0) is 9.53 Å². The van der Waals surface area contributed by atoms with Crippen LogP contribution in [0.3, 0.4) is 0 Å². The first-order valence-electron chi connectivity index (χ1n) is 5.46. The van der Waals surface area contributed by atoms with E-state index in [0.717, 1.165) is 0 Å². The Kier molecular flexibility index (Phi) is 6.07. The van der Waals surface area contributed by atoms with Crippen LogP contribution in [0.1, 0.15) is 11.6 Å². The predicted molar refractivity (Wildman–Crippen MR) is 72.6 cm³/mol. The number of carboxylic acids is 1. The first-order chi connectivity index (χ1) is 9.01. The second-order valence-electron chi connectivity index (χ2n) is 3.72. The number of hydrogen-bond donors (Lipinski definition) is 2. The van der Waals surface area contributed by atoms with Crippen LogP contribution in [0.25, 0.3) is 0 Å². The number of hydrogen-bond acceptors (Lipinski definition) is 5. The van der Waals surface area contributed by atoms with Gasteiger partial charge in [-0.1, -0.05) is 0 Å². The molecule has 19 heavy (non-hydrogen) atoms. The number of benzene rings is 1. The highest BCUT2D eigenvalue weighted by atomic mass is 79.9. The number of carboxylic acid groups (broad SMARTS) is 1. The molecule has 0 radical (unpaired) electrons. The Balaban J connectivity index is 2.87. The first-order valence-corrected chi connectivity index (χ1v) is 6.26. The van der Waals surface area contributed by atoms with E-state index in [1.807, 2.05) is 0 Å². The molecule has 0 aliphatic heterocycles. The lowest BCUT2D eigenvalue weighted by atomic mass is 10.1. The molecular weight excluding hydrogens is 318 g/mol. The van der Waals surface area contributed by atoms with Crippen LogP contribution in [-0.4, -0.2) is 38.5 Å². The predicted octanol–water partition coefficient (Wildman–Crippen LogP) is 1.57. The quantitative estimate of drug-likeness (QED) is 0.786. The molecule has 1 aromatic rings. The summed E-state index contributed by atoms with van der Waals surface area (Å²) < 4.78 is 16.1. The molecule has 0 bridgehead atoms. The first kappa shape index (κ1) is 15.7. The lowest BCUT2D eigenvalue weighted by molar-refractivity contribution is -0.142. The topological polar surface area (TPSA) is 91.0 Å². The molecule has 7 heteroatoms.